The normalized spacial score (nSPS) is 11.2. The molecule has 1 aromatic heterocycles. The number of carbonyl (C=O) groups excluding carboxylic acids is 1. The van der Waals surface area contributed by atoms with Crippen molar-refractivity contribution in [3.05, 3.63) is 89.5 Å². The first-order chi connectivity index (χ1) is 14.5. The molecule has 5 heteroatoms. The van der Waals surface area contributed by atoms with Crippen molar-refractivity contribution in [3.8, 4) is 0 Å². The predicted molar refractivity (Wildman–Crippen MR) is 129 cm³/mol. The number of benzene rings is 3. The van der Waals surface area contributed by atoms with Crippen LogP contribution in [-0.4, -0.2) is 16.1 Å². The number of carbonyl (C=O) groups is 1. The fraction of sp³-hybridized carbons (Fsp3) is 0.200. The molecule has 0 aliphatic carbocycles. The van der Waals surface area contributed by atoms with Gasteiger partial charge in [0.15, 0.2) is 5.13 Å². The molecule has 0 saturated heterocycles. The van der Waals surface area contributed by atoms with Gasteiger partial charge in [-0.25, -0.2) is 4.98 Å². The minimum Gasteiger partial charge on any atom is -0.279 e. The maximum atomic E-state index is 13.6. The summed E-state index contributed by atoms with van der Waals surface area (Å²) in [7, 11) is 0. The second kappa shape index (κ2) is 9.02. The van der Waals surface area contributed by atoms with E-state index in [9.17, 15) is 4.79 Å². The first-order valence-corrected chi connectivity index (χ1v) is 11.7. The van der Waals surface area contributed by atoms with Crippen molar-refractivity contribution >= 4 is 44.4 Å². The lowest BCUT2D eigenvalue weighted by molar-refractivity contribution is 0.0985. The lowest BCUT2D eigenvalue weighted by atomic mass is 10.1. The van der Waals surface area contributed by atoms with E-state index in [0.717, 1.165) is 25.8 Å². The molecule has 3 nitrogen and oxygen atoms in total. The van der Waals surface area contributed by atoms with Crippen LogP contribution in [0, 0.1) is 6.92 Å². The second-order valence-corrected chi connectivity index (χ2v) is 10.2. The van der Waals surface area contributed by atoms with E-state index in [-0.39, 0.29) is 5.91 Å². The highest BCUT2D eigenvalue weighted by Gasteiger charge is 2.22. The zero-order valence-corrected chi connectivity index (χ0v) is 19.0. The zero-order valence-electron chi connectivity index (χ0n) is 17.3. The Hall–Kier alpha value is -2.63. The molecule has 0 unspecified atom stereocenters. The van der Waals surface area contributed by atoms with Crippen LogP contribution < -0.4 is 4.90 Å². The van der Waals surface area contributed by atoms with Crippen molar-refractivity contribution in [2.24, 2.45) is 0 Å². The van der Waals surface area contributed by atoms with Crippen LogP contribution in [0.1, 0.15) is 35.3 Å². The van der Waals surface area contributed by atoms with Crippen LogP contribution in [0.25, 0.3) is 10.2 Å². The third kappa shape index (κ3) is 4.74. The summed E-state index contributed by atoms with van der Waals surface area (Å²) in [6, 6.07) is 24.2. The molecule has 0 aliphatic rings. The maximum Gasteiger partial charge on any atom is 0.260 e. The smallest absolute Gasteiger partial charge is 0.260 e. The van der Waals surface area contributed by atoms with E-state index in [0.29, 0.717) is 17.4 Å². The summed E-state index contributed by atoms with van der Waals surface area (Å²) < 4.78 is 1.10. The SMILES string of the molecule is Cc1ccc2nc(N(Cc3ccccc3)C(=O)c3cccc(SC(C)C)c3)sc2c1. The number of rotatable bonds is 6. The highest BCUT2D eigenvalue weighted by Crippen LogP contribution is 2.32. The van der Waals surface area contributed by atoms with Crippen molar-refractivity contribution < 1.29 is 4.79 Å². The summed E-state index contributed by atoms with van der Waals surface area (Å²) in [6.45, 7) is 6.87. The molecule has 0 spiro atoms. The van der Waals surface area contributed by atoms with Gasteiger partial charge in [-0.1, -0.05) is 67.6 Å². The van der Waals surface area contributed by atoms with Crippen LogP contribution in [-0.2, 0) is 6.54 Å². The van der Waals surface area contributed by atoms with Crippen molar-refractivity contribution in [1.82, 2.24) is 4.98 Å². The van der Waals surface area contributed by atoms with Crippen LogP contribution in [0.3, 0.4) is 0 Å². The van der Waals surface area contributed by atoms with Crippen molar-refractivity contribution in [1.29, 1.82) is 0 Å². The molecule has 0 saturated carbocycles. The Labute approximate surface area is 185 Å². The molecule has 0 bridgehead atoms. The van der Waals surface area contributed by atoms with Crippen molar-refractivity contribution in [2.45, 2.75) is 37.5 Å². The number of thiazole rings is 1. The molecule has 1 heterocycles. The molecule has 152 valence electrons. The number of aromatic nitrogens is 1. The van der Waals surface area contributed by atoms with E-state index in [1.165, 1.54) is 5.56 Å². The number of hydrogen-bond acceptors (Lipinski definition) is 4. The van der Waals surface area contributed by atoms with E-state index in [1.54, 1.807) is 28.0 Å². The van der Waals surface area contributed by atoms with Crippen LogP contribution in [0.2, 0.25) is 0 Å². The van der Waals surface area contributed by atoms with E-state index in [4.69, 9.17) is 4.98 Å². The summed E-state index contributed by atoms with van der Waals surface area (Å²) in [5, 5.41) is 1.19. The summed E-state index contributed by atoms with van der Waals surface area (Å²) in [4.78, 5) is 21.3. The molecule has 0 radical (unpaired) electrons. The Morgan fingerprint density at radius 2 is 1.83 bits per heavy atom. The van der Waals surface area contributed by atoms with Gasteiger partial charge in [0.25, 0.3) is 5.91 Å². The minimum atomic E-state index is -0.0270. The molecule has 1 amide bonds. The van der Waals surface area contributed by atoms with Gasteiger partial charge >= 0.3 is 0 Å². The number of thioether (sulfide) groups is 1. The fourth-order valence-electron chi connectivity index (χ4n) is 3.26. The lowest BCUT2D eigenvalue weighted by Crippen LogP contribution is -2.30. The Bertz CT molecular complexity index is 1170. The average Bonchev–Trinajstić information content (AvgIpc) is 3.15. The van der Waals surface area contributed by atoms with Gasteiger partial charge in [0.1, 0.15) is 0 Å². The Morgan fingerprint density at radius 3 is 2.60 bits per heavy atom. The van der Waals surface area contributed by atoms with Crippen LogP contribution in [0.5, 0.6) is 0 Å². The van der Waals surface area contributed by atoms with Crippen LogP contribution in [0.15, 0.2) is 77.7 Å². The van der Waals surface area contributed by atoms with Crippen molar-refractivity contribution in [3.63, 3.8) is 0 Å². The summed E-state index contributed by atoms with van der Waals surface area (Å²) in [5.41, 5.74) is 3.88. The summed E-state index contributed by atoms with van der Waals surface area (Å²) >= 11 is 3.33. The lowest BCUT2D eigenvalue weighted by Gasteiger charge is -2.20. The molecule has 0 fully saturated rings. The first-order valence-electron chi connectivity index (χ1n) is 9.99. The first kappa shape index (κ1) is 20.6. The number of amides is 1. The Morgan fingerprint density at radius 1 is 1.03 bits per heavy atom. The third-order valence-electron chi connectivity index (χ3n) is 4.64. The topological polar surface area (TPSA) is 33.2 Å². The predicted octanol–water partition coefficient (Wildman–Crippen LogP) is 6.95. The fourth-order valence-corrected chi connectivity index (χ4v) is 5.22. The van der Waals surface area contributed by atoms with Gasteiger partial charge in [0, 0.05) is 15.7 Å². The van der Waals surface area contributed by atoms with E-state index in [2.05, 4.69) is 39.0 Å². The molecule has 0 N–H and O–H groups in total. The third-order valence-corrected chi connectivity index (χ3v) is 6.68. The number of anilines is 1. The van der Waals surface area contributed by atoms with Gasteiger partial charge < -0.3 is 0 Å². The van der Waals surface area contributed by atoms with Gasteiger partial charge in [-0.2, -0.15) is 0 Å². The quantitative estimate of drug-likeness (QED) is 0.309. The maximum absolute atomic E-state index is 13.6. The molecule has 3 aromatic carbocycles. The summed E-state index contributed by atoms with van der Waals surface area (Å²) in [5.74, 6) is -0.0270. The van der Waals surface area contributed by atoms with E-state index >= 15 is 0 Å². The van der Waals surface area contributed by atoms with Crippen molar-refractivity contribution in [2.75, 3.05) is 4.90 Å². The number of nitrogens with zero attached hydrogens (tertiary/aromatic N) is 2. The van der Waals surface area contributed by atoms with E-state index in [1.807, 2.05) is 54.6 Å². The van der Waals surface area contributed by atoms with Gasteiger partial charge in [0.2, 0.25) is 0 Å². The van der Waals surface area contributed by atoms with Gasteiger partial charge in [-0.3, -0.25) is 9.69 Å². The van der Waals surface area contributed by atoms with Gasteiger partial charge in [-0.15, -0.1) is 11.8 Å². The number of aryl methyl sites for hydroxylation is 1. The molecule has 30 heavy (non-hydrogen) atoms. The zero-order chi connectivity index (χ0) is 21.1. The number of hydrogen-bond donors (Lipinski definition) is 0. The van der Waals surface area contributed by atoms with Gasteiger partial charge in [-0.05, 0) is 48.4 Å². The molecule has 4 aromatic rings. The monoisotopic (exact) mass is 432 g/mol. The molecular formula is C25H24N2OS2. The standard InChI is InChI=1S/C25H24N2OS2/c1-17(2)29-21-11-7-10-20(15-21)24(28)27(16-19-8-5-4-6-9-19)25-26-22-13-12-18(3)14-23(22)30-25/h4-15,17H,16H2,1-3H3. The second-order valence-electron chi connectivity index (χ2n) is 7.54. The van der Waals surface area contributed by atoms with Gasteiger partial charge in [0.05, 0.1) is 16.8 Å². The molecule has 4 rings (SSSR count). The Kier molecular flexibility index (Phi) is 6.21. The molecule has 0 atom stereocenters. The van der Waals surface area contributed by atoms with Crippen LogP contribution >= 0.6 is 23.1 Å². The average molecular weight is 433 g/mol. The highest BCUT2D eigenvalue weighted by atomic mass is 32.2. The summed E-state index contributed by atoms with van der Waals surface area (Å²) in [6.07, 6.45) is 0. The van der Waals surface area contributed by atoms with Crippen LogP contribution in [0.4, 0.5) is 5.13 Å². The highest BCUT2D eigenvalue weighted by molar-refractivity contribution is 7.99. The molecule has 0 aliphatic heterocycles. The Balaban J connectivity index is 1.73. The molecular weight excluding hydrogens is 408 g/mol. The van der Waals surface area contributed by atoms with E-state index < -0.39 is 0 Å². The number of fused-ring (bicyclic) bond motifs is 1. The largest absolute Gasteiger partial charge is 0.279 e. The minimum absolute atomic E-state index is 0.0270.